The predicted molar refractivity (Wildman–Crippen MR) is 102 cm³/mol. The van der Waals surface area contributed by atoms with Crippen molar-refractivity contribution < 1.29 is 14.8 Å². The Bertz CT molecular complexity index is 754. The molecule has 0 unspecified atom stereocenters. The fourth-order valence-electron chi connectivity index (χ4n) is 3.02. The Balaban J connectivity index is 2.08. The van der Waals surface area contributed by atoms with Gasteiger partial charge < -0.3 is 9.88 Å². The van der Waals surface area contributed by atoms with Gasteiger partial charge in [-0.1, -0.05) is 43.7 Å². The number of hydrogen-bond donors (Lipinski definition) is 3. The van der Waals surface area contributed by atoms with Gasteiger partial charge in [0.1, 0.15) is 6.04 Å². The van der Waals surface area contributed by atoms with E-state index in [-0.39, 0.29) is 12.3 Å². The lowest BCUT2D eigenvalue weighted by Crippen LogP contribution is -2.52. The van der Waals surface area contributed by atoms with E-state index in [1.165, 1.54) is 22.4 Å². The average molecular weight is 372 g/mol. The molecular formula is C20H28N4O3. The third-order valence-corrected chi connectivity index (χ3v) is 4.91. The Hall–Kier alpha value is -2.67. The molecule has 1 heterocycles. The van der Waals surface area contributed by atoms with Gasteiger partial charge in [0.2, 0.25) is 5.91 Å². The minimum absolute atomic E-state index is 0.150. The van der Waals surface area contributed by atoms with Crippen LogP contribution in [0.4, 0.5) is 0 Å². The van der Waals surface area contributed by atoms with E-state index < -0.39 is 17.4 Å². The maximum Gasteiger partial charge on any atom is 0.266 e. The van der Waals surface area contributed by atoms with E-state index in [1.807, 2.05) is 20.8 Å². The molecule has 0 aliphatic carbocycles. The Morgan fingerprint density at radius 3 is 2.52 bits per heavy atom. The predicted octanol–water partition coefficient (Wildman–Crippen LogP) is 2.25. The number of likely N-dealkylation sites (N-methyl/N-ethyl adjacent to an activating group) is 1. The number of nitrogens with zero attached hydrogens (tertiary/aromatic N) is 2. The van der Waals surface area contributed by atoms with Crippen molar-refractivity contribution in [2.24, 2.45) is 5.41 Å². The minimum atomic E-state index is -0.832. The first kappa shape index (κ1) is 20.6. The van der Waals surface area contributed by atoms with Crippen LogP contribution in [0.15, 0.2) is 36.8 Å². The first-order chi connectivity index (χ1) is 12.7. The van der Waals surface area contributed by atoms with Crippen LogP contribution in [0.1, 0.15) is 37.1 Å². The summed E-state index contributed by atoms with van der Waals surface area (Å²) >= 11 is 0. The molecule has 7 heteroatoms. The summed E-state index contributed by atoms with van der Waals surface area (Å²) in [6.45, 7) is 5.80. The molecule has 0 aliphatic heterocycles. The number of benzene rings is 1. The van der Waals surface area contributed by atoms with Crippen LogP contribution in [-0.2, 0) is 22.4 Å². The van der Waals surface area contributed by atoms with Crippen LogP contribution in [-0.4, -0.2) is 45.0 Å². The SMILES string of the molecule is Cc1ccc(CCC(C)(C)C(=O)N(C)[C@H](Cc2cnc[nH]2)C(=O)NO)cc1. The van der Waals surface area contributed by atoms with Crippen molar-refractivity contribution in [1.82, 2.24) is 20.3 Å². The van der Waals surface area contributed by atoms with Crippen molar-refractivity contribution in [2.45, 2.75) is 46.1 Å². The highest BCUT2D eigenvalue weighted by molar-refractivity contribution is 5.89. The minimum Gasteiger partial charge on any atom is -0.348 e. The first-order valence-corrected chi connectivity index (χ1v) is 8.98. The van der Waals surface area contributed by atoms with Crippen molar-refractivity contribution in [3.05, 3.63) is 53.6 Å². The maximum absolute atomic E-state index is 13.1. The van der Waals surface area contributed by atoms with E-state index in [0.29, 0.717) is 12.1 Å². The van der Waals surface area contributed by atoms with Crippen LogP contribution in [0.5, 0.6) is 0 Å². The second-order valence-corrected chi connectivity index (χ2v) is 7.56. The summed E-state index contributed by atoms with van der Waals surface area (Å²) in [5, 5.41) is 9.08. The molecular weight excluding hydrogens is 344 g/mol. The molecule has 1 aromatic heterocycles. The Kier molecular flexibility index (Phi) is 6.74. The van der Waals surface area contributed by atoms with Crippen LogP contribution in [0.25, 0.3) is 0 Å². The molecule has 7 nitrogen and oxygen atoms in total. The third kappa shape index (κ3) is 5.40. The van der Waals surface area contributed by atoms with Crippen molar-refractivity contribution in [2.75, 3.05) is 7.05 Å². The Labute approximate surface area is 159 Å². The molecule has 146 valence electrons. The van der Waals surface area contributed by atoms with Crippen LogP contribution in [0, 0.1) is 12.3 Å². The molecule has 0 aliphatic rings. The van der Waals surface area contributed by atoms with Crippen LogP contribution in [0.2, 0.25) is 0 Å². The fraction of sp³-hybridized carbons (Fsp3) is 0.450. The molecule has 0 radical (unpaired) electrons. The van der Waals surface area contributed by atoms with E-state index in [1.54, 1.807) is 18.7 Å². The topological polar surface area (TPSA) is 98.3 Å². The molecule has 0 bridgehead atoms. The van der Waals surface area contributed by atoms with Crippen LogP contribution >= 0.6 is 0 Å². The highest BCUT2D eigenvalue weighted by Crippen LogP contribution is 2.27. The number of H-pyrrole nitrogens is 1. The summed E-state index contributed by atoms with van der Waals surface area (Å²) in [7, 11) is 1.59. The van der Waals surface area contributed by atoms with E-state index in [9.17, 15) is 9.59 Å². The molecule has 0 saturated carbocycles. The summed E-state index contributed by atoms with van der Waals surface area (Å²) in [6.07, 6.45) is 4.76. The second-order valence-electron chi connectivity index (χ2n) is 7.56. The van der Waals surface area contributed by atoms with Gasteiger partial charge in [-0.2, -0.15) is 0 Å². The molecule has 1 aromatic carbocycles. The number of aromatic amines is 1. The zero-order valence-electron chi connectivity index (χ0n) is 16.3. The Morgan fingerprint density at radius 1 is 1.30 bits per heavy atom. The summed E-state index contributed by atoms with van der Waals surface area (Å²) in [4.78, 5) is 33.5. The Morgan fingerprint density at radius 2 is 1.96 bits per heavy atom. The zero-order valence-corrected chi connectivity index (χ0v) is 16.3. The summed E-state index contributed by atoms with van der Waals surface area (Å²) in [5.74, 6) is -0.780. The largest absolute Gasteiger partial charge is 0.348 e. The number of nitrogens with one attached hydrogen (secondary N) is 2. The molecule has 3 N–H and O–H groups in total. The smallest absolute Gasteiger partial charge is 0.266 e. The number of aryl methyl sites for hydroxylation is 2. The fourth-order valence-corrected chi connectivity index (χ4v) is 3.02. The molecule has 0 spiro atoms. The quantitative estimate of drug-likeness (QED) is 0.489. The molecule has 2 rings (SSSR count). The summed E-state index contributed by atoms with van der Waals surface area (Å²) in [5.41, 5.74) is 4.09. The van der Waals surface area contributed by atoms with Gasteiger partial charge in [0.15, 0.2) is 0 Å². The first-order valence-electron chi connectivity index (χ1n) is 8.98. The van der Waals surface area contributed by atoms with E-state index >= 15 is 0 Å². The lowest BCUT2D eigenvalue weighted by atomic mass is 9.84. The highest BCUT2D eigenvalue weighted by atomic mass is 16.5. The van der Waals surface area contributed by atoms with E-state index in [2.05, 4.69) is 34.2 Å². The molecule has 0 saturated heterocycles. The summed E-state index contributed by atoms with van der Waals surface area (Å²) in [6, 6.07) is 7.42. The molecule has 27 heavy (non-hydrogen) atoms. The summed E-state index contributed by atoms with van der Waals surface area (Å²) < 4.78 is 0. The van der Waals surface area contributed by atoms with Gasteiger partial charge in [0, 0.05) is 30.8 Å². The number of carbonyl (C=O) groups is 2. The number of hydrogen-bond acceptors (Lipinski definition) is 4. The number of amides is 2. The maximum atomic E-state index is 13.1. The van der Waals surface area contributed by atoms with Gasteiger partial charge in [-0.3, -0.25) is 14.8 Å². The standard InChI is InChI=1S/C20H28N4O3/c1-14-5-7-15(8-6-14)9-10-20(2,3)19(26)24(4)17(18(25)23-27)11-16-12-21-13-22-16/h5-8,12-13,17,27H,9-11H2,1-4H3,(H,21,22)(H,23,25)/t17-/m1/s1. The van der Waals surface area contributed by atoms with Crippen LogP contribution in [0.3, 0.4) is 0 Å². The van der Waals surface area contributed by atoms with Gasteiger partial charge in [-0.05, 0) is 25.3 Å². The highest BCUT2D eigenvalue weighted by Gasteiger charge is 2.36. The van der Waals surface area contributed by atoms with E-state index in [0.717, 1.165) is 6.42 Å². The molecule has 2 amide bonds. The van der Waals surface area contributed by atoms with Gasteiger partial charge in [-0.25, -0.2) is 10.5 Å². The van der Waals surface area contributed by atoms with Crippen LogP contribution < -0.4 is 5.48 Å². The normalized spacial score (nSPS) is 12.5. The van der Waals surface area contributed by atoms with E-state index in [4.69, 9.17) is 5.21 Å². The number of imidazole rings is 1. The van der Waals surface area contributed by atoms with Gasteiger partial charge >= 0.3 is 0 Å². The lowest BCUT2D eigenvalue weighted by Gasteiger charge is -2.33. The van der Waals surface area contributed by atoms with Crippen molar-refractivity contribution in [1.29, 1.82) is 0 Å². The van der Waals surface area contributed by atoms with Gasteiger partial charge in [-0.15, -0.1) is 0 Å². The third-order valence-electron chi connectivity index (χ3n) is 4.91. The second kappa shape index (κ2) is 8.81. The molecule has 1 atom stereocenters. The van der Waals surface area contributed by atoms with Crippen molar-refractivity contribution in [3.8, 4) is 0 Å². The van der Waals surface area contributed by atoms with Crippen molar-refractivity contribution in [3.63, 3.8) is 0 Å². The number of aromatic nitrogens is 2. The number of hydroxylamine groups is 1. The zero-order chi connectivity index (χ0) is 20.0. The average Bonchev–Trinajstić information content (AvgIpc) is 3.17. The van der Waals surface area contributed by atoms with Gasteiger partial charge in [0.25, 0.3) is 5.91 Å². The number of rotatable bonds is 8. The molecule has 2 aromatic rings. The van der Waals surface area contributed by atoms with Gasteiger partial charge in [0.05, 0.1) is 6.33 Å². The molecule has 0 fully saturated rings. The van der Waals surface area contributed by atoms with Crippen molar-refractivity contribution >= 4 is 11.8 Å². The number of carbonyl (C=O) groups excluding carboxylic acids is 2. The lowest BCUT2D eigenvalue weighted by molar-refractivity contribution is -0.148. The monoisotopic (exact) mass is 372 g/mol.